The van der Waals surface area contributed by atoms with E-state index < -0.39 is 8.07 Å². The Hall–Kier alpha value is 0.177. The summed E-state index contributed by atoms with van der Waals surface area (Å²) in [5.74, 6) is 0.650. The SMILES string of the molecule is CC(C)C(N)[Si](C)(C)C. The van der Waals surface area contributed by atoms with Gasteiger partial charge in [-0.3, -0.25) is 0 Å². The van der Waals surface area contributed by atoms with E-state index in [1.165, 1.54) is 0 Å². The average Bonchev–Trinajstić information content (AvgIpc) is 1.62. The molecule has 1 nitrogen and oxygen atoms in total. The summed E-state index contributed by atoms with van der Waals surface area (Å²) in [5, 5.41) is 0. The summed E-state index contributed by atoms with van der Waals surface area (Å²) in [4.78, 5) is 0. The molecule has 0 spiro atoms. The third-order valence-corrected chi connectivity index (χ3v) is 4.38. The second kappa shape index (κ2) is 2.84. The standard InChI is InChI=1S/C7H19NSi/c1-6(2)7(8)9(3,4)5/h6-7H,8H2,1-5H3. The predicted molar refractivity (Wildman–Crippen MR) is 46.2 cm³/mol. The zero-order valence-corrected chi connectivity index (χ0v) is 8.23. The Balaban J connectivity index is 3.88. The van der Waals surface area contributed by atoms with Crippen LogP contribution in [0.1, 0.15) is 13.8 Å². The van der Waals surface area contributed by atoms with Crippen molar-refractivity contribution in [3.05, 3.63) is 0 Å². The van der Waals surface area contributed by atoms with Crippen LogP contribution >= 0.6 is 0 Å². The van der Waals surface area contributed by atoms with Crippen LogP contribution in [0.5, 0.6) is 0 Å². The molecule has 1 atom stereocenters. The molecule has 0 rings (SSSR count). The Bertz CT molecular complexity index is 83.4. The molecule has 0 aliphatic rings. The van der Waals surface area contributed by atoms with Crippen LogP contribution in [0.25, 0.3) is 0 Å². The van der Waals surface area contributed by atoms with Gasteiger partial charge in [0.2, 0.25) is 0 Å². The largest absolute Gasteiger partial charge is 0.330 e. The smallest absolute Gasteiger partial charge is 0.0635 e. The minimum absolute atomic E-state index is 0.456. The summed E-state index contributed by atoms with van der Waals surface area (Å²) in [7, 11) is -1.05. The molecule has 1 unspecified atom stereocenters. The van der Waals surface area contributed by atoms with Crippen LogP contribution in [0, 0.1) is 5.92 Å². The first kappa shape index (κ1) is 9.18. The van der Waals surface area contributed by atoms with E-state index in [9.17, 15) is 0 Å². The summed E-state index contributed by atoms with van der Waals surface area (Å²) in [6.07, 6.45) is 0. The fourth-order valence-corrected chi connectivity index (χ4v) is 3.00. The molecule has 0 fully saturated rings. The van der Waals surface area contributed by atoms with E-state index in [2.05, 4.69) is 33.5 Å². The highest BCUT2D eigenvalue weighted by Crippen LogP contribution is 2.12. The molecular weight excluding hydrogens is 126 g/mol. The maximum atomic E-state index is 5.96. The van der Waals surface area contributed by atoms with Crippen LogP contribution in [-0.4, -0.2) is 13.7 Å². The summed E-state index contributed by atoms with van der Waals surface area (Å²) < 4.78 is 0. The first-order valence-corrected chi connectivity index (χ1v) is 7.19. The molecule has 0 radical (unpaired) electrons. The zero-order valence-electron chi connectivity index (χ0n) is 7.23. The fourth-order valence-electron chi connectivity index (χ4n) is 1.00. The molecule has 0 saturated carbocycles. The Kier molecular flexibility index (Phi) is 2.90. The van der Waals surface area contributed by atoms with Gasteiger partial charge in [0.25, 0.3) is 0 Å². The van der Waals surface area contributed by atoms with Gasteiger partial charge in [0, 0.05) is 0 Å². The molecule has 2 N–H and O–H groups in total. The Labute approximate surface area is 59.6 Å². The van der Waals surface area contributed by atoms with Gasteiger partial charge in [0.15, 0.2) is 0 Å². The van der Waals surface area contributed by atoms with Crippen LogP contribution in [0.3, 0.4) is 0 Å². The molecule has 2 heteroatoms. The van der Waals surface area contributed by atoms with Gasteiger partial charge in [-0.25, -0.2) is 0 Å². The monoisotopic (exact) mass is 145 g/mol. The minimum Gasteiger partial charge on any atom is -0.330 e. The lowest BCUT2D eigenvalue weighted by atomic mass is 10.2. The molecule has 56 valence electrons. The van der Waals surface area contributed by atoms with Gasteiger partial charge in [-0.1, -0.05) is 33.5 Å². The second-order valence-corrected chi connectivity index (χ2v) is 9.53. The van der Waals surface area contributed by atoms with Crippen molar-refractivity contribution in [3.8, 4) is 0 Å². The van der Waals surface area contributed by atoms with Crippen LogP contribution in [0.15, 0.2) is 0 Å². The van der Waals surface area contributed by atoms with Crippen molar-refractivity contribution in [2.75, 3.05) is 0 Å². The summed E-state index contributed by atoms with van der Waals surface area (Å²) in [6, 6.07) is 0. The van der Waals surface area contributed by atoms with E-state index in [1.807, 2.05) is 0 Å². The van der Waals surface area contributed by atoms with Crippen molar-refractivity contribution < 1.29 is 0 Å². The molecule has 0 aliphatic heterocycles. The first-order valence-electron chi connectivity index (χ1n) is 3.61. The van der Waals surface area contributed by atoms with Gasteiger partial charge in [-0.15, -0.1) is 0 Å². The molecular formula is C7H19NSi. The maximum absolute atomic E-state index is 5.96. The molecule has 0 amide bonds. The van der Waals surface area contributed by atoms with E-state index >= 15 is 0 Å². The predicted octanol–water partition coefficient (Wildman–Crippen LogP) is 1.85. The van der Waals surface area contributed by atoms with Crippen LogP contribution < -0.4 is 5.73 Å². The van der Waals surface area contributed by atoms with E-state index in [1.54, 1.807) is 0 Å². The number of hydrogen-bond donors (Lipinski definition) is 1. The van der Waals surface area contributed by atoms with E-state index in [-0.39, 0.29) is 0 Å². The fraction of sp³-hybridized carbons (Fsp3) is 1.00. The van der Waals surface area contributed by atoms with Gasteiger partial charge < -0.3 is 5.73 Å². The molecule has 0 saturated heterocycles. The minimum atomic E-state index is -1.05. The summed E-state index contributed by atoms with van der Waals surface area (Å²) in [6.45, 7) is 11.3. The van der Waals surface area contributed by atoms with Gasteiger partial charge in [-0.2, -0.15) is 0 Å². The van der Waals surface area contributed by atoms with Gasteiger partial charge in [0.05, 0.1) is 8.07 Å². The summed E-state index contributed by atoms with van der Waals surface area (Å²) in [5.41, 5.74) is 6.41. The van der Waals surface area contributed by atoms with Crippen LogP contribution in [0.4, 0.5) is 0 Å². The Morgan fingerprint density at radius 3 is 1.44 bits per heavy atom. The lowest BCUT2D eigenvalue weighted by Gasteiger charge is -2.28. The van der Waals surface area contributed by atoms with Crippen molar-refractivity contribution in [1.82, 2.24) is 0 Å². The zero-order chi connectivity index (χ0) is 7.65. The molecule has 0 aromatic rings. The number of nitrogens with two attached hydrogens (primary N) is 1. The van der Waals surface area contributed by atoms with Gasteiger partial charge >= 0.3 is 0 Å². The summed E-state index contributed by atoms with van der Waals surface area (Å²) >= 11 is 0. The van der Waals surface area contributed by atoms with Crippen molar-refractivity contribution in [3.63, 3.8) is 0 Å². The highest BCUT2D eigenvalue weighted by Gasteiger charge is 2.24. The molecule has 9 heavy (non-hydrogen) atoms. The van der Waals surface area contributed by atoms with Crippen LogP contribution in [-0.2, 0) is 0 Å². The number of rotatable bonds is 2. The second-order valence-electron chi connectivity index (χ2n) is 4.14. The highest BCUT2D eigenvalue weighted by atomic mass is 28.3. The maximum Gasteiger partial charge on any atom is 0.0635 e. The van der Waals surface area contributed by atoms with E-state index in [0.29, 0.717) is 11.6 Å². The molecule has 0 heterocycles. The van der Waals surface area contributed by atoms with Gasteiger partial charge in [-0.05, 0) is 11.6 Å². The number of hydrogen-bond acceptors (Lipinski definition) is 1. The van der Waals surface area contributed by atoms with Gasteiger partial charge in [0.1, 0.15) is 0 Å². The van der Waals surface area contributed by atoms with E-state index in [0.717, 1.165) is 0 Å². The topological polar surface area (TPSA) is 26.0 Å². The Morgan fingerprint density at radius 2 is 1.44 bits per heavy atom. The lowest BCUT2D eigenvalue weighted by molar-refractivity contribution is 0.597. The van der Waals surface area contributed by atoms with Crippen molar-refractivity contribution in [1.29, 1.82) is 0 Å². The average molecular weight is 145 g/mol. The highest BCUT2D eigenvalue weighted by molar-refractivity contribution is 6.77. The molecule has 0 bridgehead atoms. The normalized spacial score (nSPS) is 16.3. The molecule has 0 aliphatic carbocycles. The third-order valence-electron chi connectivity index (χ3n) is 1.72. The van der Waals surface area contributed by atoms with Crippen molar-refractivity contribution in [2.45, 2.75) is 39.2 Å². The molecule has 0 aromatic heterocycles. The quantitative estimate of drug-likeness (QED) is 0.590. The lowest BCUT2D eigenvalue weighted by Crippen LogP contribution is -2.48. The van der Waals surface area contributed by atoms with Crippen LogP contribution in [0.2, 0.25) is 19.6 Å². The Morgan fingerprint density at radius 1 is 1.11 bits per heavy atom. The van der Waals surface area contributed by atoms with Crippen molar-refractivity contribution >= 4 is 8.07 Å². The third kappa shape index (κ3) is 3.01. The van der Waals surface area contributed by atoms with Crippen molar-refractivity contribution in [2.24, 2.45) is 11.7 Å². The molecule has 0 aromatic carbocycles. The first-order chi connectivity index (χ1) is 3.85. The van der Waals surface area contributed by atoms with E-state index in [4.69, 9.17) is 5.73 Å².